The fraction of sp³-hybridized carbons (Fsp3) is 0.667. The Morgan fingerprint density at radius 1 is 1.10 bits per heavy atom. The summed E-state index contributed by atoms with van der Waals surface area (Å²) in [5, 5.41) is 59.3. The summed E-state index contributed by atoms with van der Waals surface area (Å²) in [5.74, 6) is -0.173. The number of hydrogen-bond donors (Lipinski definition) is 6. The molecule has 0 bridgehead atoms. The van der Waals surface area contributed by atoms with Gasteiger partial charge in [0.2, 0.25) is 0 Å². The zero-order valence-electron chi connectivity index (χ0n) is 17.3. The molecule has 1 aliphatic heterocycles. The molecule has 0 radical (unpaired) electrons. The fourth-order valence-corrected chi connectivity index (χ4v) is 4.38. The van der Waals surface area contributed by atoms with Crippen molar-refractivity contribution < 1.29 is 44.9 Å². The van der Waals surface area contributed by atoms with Gasteiger partial charge < -0.3 is 40.1 Å². The summed E-state index contributed by atoms with van der Waals surface area (Å²) in [4.78, 5) is 12.9. The number of ether oxygens (including phenoxy) is 2. The highest BCUT2D eigenvalue weighted by molar-refractivity contribution is 6.07. The minimum Gasteiger partial charge on any atom is -0.507 e. The van der Waals surface area contributed by atoms with E-state index < -0.39 is 42.7 Å². The van der Waals surface area contributed by atoms with E-state index in [2.05, 4.69) is 0 Å². The second-order valence-corrected chi connectivity index (χ2v) is 8.47. The van der Waals surface area contributed by atoms with Crippen LogP contribution in [0.15, 0.2) is 0 Å². The van der Waals surface area contributed by atoms with Crippen LogP contribution in [0.3, 0.4) is 0 Å². The largest absolute Gasteiger partial charge is 0.507 e. The monoisotopic (exact) mass is 426 g/mol. The van der Waals surface area contributed by atoms with E-state index in [0.29, 0.717) is 27.8 Å². The number of carbonyl (C=O) groups excluding carboxylic acids is 1. The molecule has 0 aromatic heterocycles. The smallest absolute Gasteiger partial charge is 0.186 e. The number of phenolic OH excluding ortho intramolecular Hbond substituents is 1. The summed E-state index contributed by atoms with van der Waals surface area (Å²) in [6.07, 6.45) is -6.23. The maximum Gasteiger partial charge on any atom is 0.186 e. The highest BCUT2D eigenvalue weighted by Crippen LogP contribution is 2.45. The third-order valence-electron chi connectivity index (χ3n) is 6.40. The second-order valence-electron chi connectivity index (χ2n) is 8.47. The van der Waals surface area contributed by atoms with Crippen LogP contribution in [0.4, 0.5) is 0 Å². The summed E-state index contributed by atoms with van der Waals surface area (Å²) in [7, 11) is 0. The lowest BCUT2D eigenvalue weighted by Crippen LogP contribution is -2.59. The molecule has 0 spiro atoms. The van der Waals surface area contributed by atoms with Gasteiger partial charge in [-0.2, -0.15) is 0 Å². The minimum absolute atomic E-state index is 0.0314. The third kappa shape index (κ3) is 3.64. The molecule has 1 aromatic carbocycles. The number of phenols is 1. The predicted octanol–water partition coefficient (Wildman–Crippen LogP) is -0.895. The van der Waals surface area contributed by atoms with E-state index in [-0.39, 0.29) is 37.6 Å². The lowest BCUT2D eigenvalue weighted by Gasteiger charge is -2.39. The molecule has 2 aliphatic rings. The Kier molecular flexibility index (Phi) is 6.54. The van der Waals surface area contributed by atoms with Crippen LogP contribution in [0.5, 0.6) is 5.75 Å². The van der Waals surface area contributed by atoms with Crippen molar-refractivity contribution in [2.24, 2.45) is 5.41 Å². The van der Waals surface area contributed by atoms with Crippen molar-refractivity contribution in [3.8, 4) is 5.75 Å². The number of aromatic hydroxyl groups is 1. The average molecular weight is 426 g/mol. The van der Waals surface area contributed by atoms with Crippen molar-refractivity contribution in [2.75, 3.05) is 19.8 Å². The van der Waals surface area contributed by atoms with Crippen LogP contribution in [0.1, 0.15) is 39.5 Å². The van der Waals surface area contributed by atoms with Gasteiger partial charge >= 0.3 is 0 Å². The summed E-state index contributed by atoms with van der Waals surface area (Å²) < 4.78 is 10.9. The Balaban J connectivity index is 1.78. The molecule has 30 heavy (non-hydrogen) atoms. The first-order chi connectivity index (χ1) is 14.1. The van der Waals surface area contributed by atoms with Crippen LogP contribution in [0.25, 0.3) is 0 Å². The molecule has 9 heteroatoms. The summed E-state index contributed by atoms with van der Waals surface area (Å²) in [5.41, 5.74) is 2.05. The maximum atomic E-state index is 12.9. The highest BCUT2D eigenvalue weighted by atomic mass is 16.7. The Morgan fingerprint density at radius 2 is 1.77 bits per heavy atom. The summed E-state index contributed by atoms with van der Waals surface area (Å²) in [6, 6.07) is 0. The van der Waals surface area contributed by atoms with Crippen LogP contribution in [-0.2, 0) is 22.3 Å². The zero-order chi connectivity index (χ0) is 22.4. The number of ketones is 1. The Labute approximate surface area is 174 Å². The van der Waals surface area contributed by atoms with Crippen molar-refractivity contribution in [3.63, 3.8) is 0 Å². The normalized spacial score (nSPS) is 33.7. The Morgan fingerprint density at radius 3 is 2.37 bits per heavy atom. The van der Waals surface area contributed by atoms with E-state index in [9.17, 15) is 35.4 Å². The van der Waals surface area contributed by atoms with E-state index in [1.165, 1.54) is 0 Å². The molecule has 1 fully saturated rings. The van der Waals surface area contributed by atoms with Gasteiger partial charge in [0, 0.05) is 11.1 Å². The van der Waals surface area contributed by atoms with E-state index in [1.54, 1.807) is 20.8 Å². The molecular weight excluding hydrogens is 396 g/mol. The van der Waals surface area contributed by atoms with Gasteiger partial charge in [0.25, 0.3) is 0 Å². The lowest BCUT2D eigenvalue weighted by atomic mass is 9.86. The quantitative estimate of drug-likeness (QED) is 0.339. The average Bonchev–Trinajstić information content (AvgIpc) is 3.00. The molecule has 1 saturated heterocycles. The number of aliphatic hydroxyl groups excluding tert-OH is 5. The molecule has 0 saturated carbocycles. The summed E-state index contributed by atoms with van der Waals surface area (Å²) >= 11 is 0. The van der Waals surface area contributed by atoms with Gasteiger partial charge in [0.15, 0.2) is 12.1 Å². The van der Waals surface area contributed by atoms with Gasteiger partial charge in [-0.15, -0.1) is 0 Å². The first-order valence-corrected chi connectivity index (χ1v) is 9.99. The number of aliphatic hydroxyl groups is 5. The van der Waals surface area contributed by atoms with Crippen molar-refractivity contribution in [3.05, 3.63) is 27.8 Å². The standard InChI is InChI=1S/C21H30O9/c1-9-11(4-5-29-20-18(27)17(26)16(25)13(7-22)30-20)10(2)15(24)12-6-21(3,8-23)19(28)14(9)12/h13,16-18,20,22-27H,4-8H2,1-3H3. The molecule has 1 aliphatic carbocycles. The SMILES string of the molecule is Cc1c(O)c2c(c(C)c1CCOC1OC(CO)C(O)C(O)C1O)C(=O)C(C)(CO)C2. The van der Waals surface area contributed by atoms with Crippen molar-refractivity contribution in [1.82, 2.24) is 0 Å². The molecule has 168 valence electrons. The first kappa shape index (κ1) is 23.1. The van der Waals surface area contributed by atoms with Crippen molar-refractivity contribution >= 4 is 5.78 Å². The topological polar surface area (TPSA) is 157 Å². The number of carbonyl (C=O) groups is 1. The molecule has 0 amide bonds. The first-order valence-electron chi connectivity index (χ1n) is 9.99. The maximum absolute atomic E-state index is 12.9. The molecule has 1 heterocycles. The zero-order valence-corrected chi connectivity index (χ0v) is 17.3. The van der Waals surface area contributed by atoms with Crippen molar-refractivity contribution in [1.29, 1.82) is 0 Å². The van der Waals surface area contributed by atoms with E-state index in [1.807, 2.05) is 0 Å². The number of fused-ring (bicyclic) bond motifs is 1. The number of benzene rings is 1. The van der Waals surface area contributed by atoms with Crippen LogP contribution in [-0.4, -0.2) is 86.9 Å². The number of hydrogen-bond acceptors (Lipinski definition) is 9. The van der Waals surface area contributed by atoms with Crippen LogP contribution >= 0.6 is 0 Å². The molecule has 6 N–H and O–H groups in total. The number of rotatable bonds is 6. The second kappa shape index (κ2) is 8.51. The fourth-order valence-electron chi connectivity index (χ4n) is 4.38. The molecule has 6 atom stereocenters. The van der Waals surface area contributed by atoms with E-state index in [4.69, 9.17) is 9.47 Å². The van der Waals surface area contributed by atoms with Gasteiger partial charge in [0.1, 0.15) is 30.2 Å². The van der Waals surface area contributed by atoms with Gasteiger partial charge in [-0.05, 0) is 50.3 Å². The van der Waals surface area contributed by atoms with E-state index in [0.717, 1.165) is 0 Å². The van der Waals surface area contributed by atoms with Crippen molar-refractivity contribution in [2.45, 2.75) is 64.3 Å². The Bertz CT molecular complexity index is 821. The molecule has 1 aromatic rings. The number of Topliss-reactive ketones (excluding diaryl/α,β-unsaturated/α-hetero) is 1. The molecular formula is C21H30O9. The van der Waals surface area contributed by atoms with Crippen LogP contribution in [0.2, 0.25) is 0 Å². The highest BCUT2D eigenvalue weighted by Gasteiger charge is 2.45. The third-order valence-corrected chi connectivity index (χ3v) is 6.40. The van der Waals surface area contributed by atoms with Gasteiger partial charge in [0.05, 0.1) is 25.2 Å². The minimum atomic E-state index is -1.53. The molecule has 9 nitrogen and oxygen atoms in total. The predicted molar refractivity (Wildman–Crippen MR) is 104 cm³/mol. The van der Waals surface area contributed by atoms with Gasteiger partial charge in [-0.25, -0.2) is 0 Å². The lowest BCUT2D eigenvalue weighted by molar-refractivity contribution is -0.300. The van der Waals surface area contributed by atoms with Crippen LogP contribution in [0, 0.1) is 19.3 Å². The van der Waals surface area contributed by atoms with Gasteiger partial charge in [-0.1, -0.05) is 0 Å². The Hall–Kier alpha value is -1.59. The summed E-state index contributed by atoms with van der Waals surface area (Å²) in [6.45, 7) is 4.38. The van der Waals surface area contributed by atoms with Gasteiger partial charge in [-0.3, -0.25) is 4.79 Å². The van der Waals surface area contributed by atoms with E-state index >= 15 is 0 Å². The van der Waals surface area contributed by atoms with Crippen LogP contribution < -0.4 is 0 Å². The molecule has 3 rings (SSSR count). The molecule has 6 unspecified atom stereocenters.